The van der Waals surface area contributed by atoms with Crippen molar-refractivity contribution in [3.8, 4) is 0 Å². The summed E-state index contributed by atoms with van der Waals surface area (Å²) in [7, 11) is 1.20. The van der Waals surface area contributed by atoms with Gasteiger partial charge in [-0.1, -0.05) is 19.3 Å². The SMILES string of the molecule is COC(=O)C1=C(O)C[C@@H](C2CCCCC2)NC1=O. The molecule has 0 aromatic heterocycles. The standard InChI is InChI=1S/C13H19NO4/c1-18-13(17)11-10(15)7-9(14-12(11)16)8-5-3-2-4-6-8/h8-9,15H,2-7H2,1H3,(H,14,16)/t9-/m0/s1. The lowest BCUT2D eigenvalue weighted by Crippen LogP contribution is -2.47. The molecule has 1 aliphatic heterocycles. The molecule has 0 saturated heterocycles. The van der Waals surface area contributed by atoms with Crippen molar-refractivity contribution in [2.75, 3.05) is 7.11 Å². The van der Waals surface area contributed by atoms with Crippen LogP contribution >= 0.6 is 0 Å². The molecule has 5 heteroatoms. The summed E-state index contributed by atoms with van der Waals surface area (Å²) >= 11 is 0. The highest BCUT2D eigenvalue weighted by atomic mass is 16.5. The zero-order chi connectivity index (χ0) is 13.1. The minimum Gasteiger partial charge on any atom is -0.511 e. The van der Waals surface area contributed by atoms with E-state index in [0.29, 0.717) is 12.3 Å². The molecule has 5 nitrogen and oxygen atoms in total. The summed E-state index contributed by atoms with van der Waals surface area (Å²) in [5, 5.41) is 12.7. The van der Waals surface area contributed by atoms with Crippen LogP contribution in [0.3, 0.4) is 0 Å². The first-order chi connectivity index (χ1) is 8.63. The zero-order valence-corrected chi connectivity index (χ0v) is 10.6. The quantitative estimate of drug-likeness (QED) is 0.577. The third-order valence-electron chi connectivity index (χ3n) is 3.85. The lowest BCUT2D eigenvalue weighted by molar-refractivity contribution is -0.139. The molecule has 0 bridgehead atoms. The number of aliphatic hydroxyl groups excluding tert-OH is 1. The van der Waals surface area contributed by atoms with Crippen LogP contribution in [0.25, 0.3) is 0 Å². The Kier molecular flexibility index (Phi) is 3.89. The molecule has 1 saturated carbocycles. The molecule has 0 spiro atoms. The van der Waals surface area contributed by atoms with Crippen molar-refractivity contribution < 1.29 is 19.4 Å². The Morgan fingerprint density at radius 2 is 2.00 bits per heavy atom. The molecule has 1 atom stereocenters. The van der Waals surface area contributed by atoms with Crippen LogP contribution in [0.2, 0.25) is 0 Å². The van der Waals surface area contributed by atoms with E-state index >= 15 is 0 Å². The van der Waals surface area contributed by atoms with Gasteiger partial charge in [0, 0.05) is 12.5 Å². The molecular weight excluding hydrogens is 234 g/mol. The fourth-order valence-corrected chi connectivity index (χ4v) is 2.87. The number of hydrogen-bond donors (Lipinski definition) is 2. The summed E-state index contributed by atoms with van der Waals surface area (Å²) in [6.45, 7) is 0. The van der Waals surface area contributed by atoms with E-state index in [1.54, 1.807) is 0 Å². The van der Waals surface area contributed by atoms with Gasteiger partial charge in [-0.15, -0.1) is 0 Å². The molecule has 0 aromatic rings. The van der Waals surface area contributed by atoms with Crippen LogP contribution in [-0.4, -0.2) is 30.1 Å². The molecular formula is C13H19NO4. The maximum atomic E-state index is 11.8. The van der Waals surface area contributed by atoms with Gasteiger partial charge in [0.05, 0.1) is 7.11 Å². The second-order valence-corrected chi connectivity index (χ2v) is 5.00. The van der Waals surface area contributed by atoms with Gasteiger partial charge in [0.1, 0.15) is 5.76 Å². The second kappa shape index (κ2) is 5.42. The van der Waals surface area contributed by atoms with E-state index < -0.39 is 11.9 Å². The van der Waals surface area contributed by atoms with Crippen molar-refractivity contribution in [1.29, 1.82) is 0 Å². The number of carbonyl (C=O) groups excluding carboxylic acids is 2. The zero-order valence-electron chi connectivity index (χ0n) is 10.6. The maximum Gasteiger partial charge on any atom is 0.346 e. The lowest BCUT2D eigenvalue weighted by Gasteiger charge is -2.33. The van der Waals surface area contributed by atoms with Crippen LogP contribution in [0.4, 0.5) is 0 Å². The Balaban J connectivity index is 2.11. The van der Waals surface area contributed by atoms with E-state index in [4.69, 9.17) is 0 Å². The molecule has 0 aromatic carbocycles. The van der Waals surface area contributed by atoms with Crippen LogP contribution in [-0.2, 0) is 14.3 Å². The predicted molar refractivity (Wildman–Crippen MR) is 64.8 cm³/mol. The highest BCUT2D eigenvalue weighted by molar-refractivity contribution is 6.17. The third kappa shape index (κ3) is 2.49. The van der Waals surface area contributed by atoms with Gasteiger partial charge in [-0.2, -0.15) is 0 Å². The molecule has 2 aliphatic rings. The van der Waals surface area contributed by atoms with Crippen LogP contribution in [0.5, 0.6) is 0 Å². The van der Waals surface area contributed by atoms with Crippen LogP contribution < -0.4 is 5.32 Å². The second-order valence-electron chi connectivity index (χ2n) is 5.00. The number of ether oxygens (including phenoxy) is 1. The molecule has 1 amide bonds. The minimum absolute atomic E-state index is 0.0498. The van der Waals surface area contributed by atoms with Crippen molar-refractivity contribution in [3.05, 3.63) is 11.3 Å². The molecule has 1 fully saturated rings. The van der Waals surface area contributed by atoms with Gasteiger partial charge in [-0.3, -0.25) is 4.79 Å². The average molecular weight is 253 g/mol. The lowest BCUT2D eigenvalue weighted by atomic mass is 9.81. The Labute approximate surface area is 106 Å². The summed E-state index contributed by atoms with van der Waals surface area (Å²) in [6, 6.07) is -0.0498. The van der Waals surface area contributed by atoms with Crippen molar-refractivity contribution in [3.63, 3.8) is 0 Å². The van der Waals surface area contributed by atoms with E-state index in [2.05, 4.69) is 10.1 Å². The highest BCUT2D eigenvalue weighted by Gasteiger charge is 2.35. The molecule has 0 unspecified atom stereocenters. The average Bonchev–Trinajstić information content (AvgIpc) is 2.38. The van der Waals surface area contributed by atoms with Crippen LogP contribution in [0.15, 0.2) is 11.3 Å². The predicted octanol–water partition coefficient (Wildman–Crippen LogP) is 1.44. The van der Waals surface area contributed by atoms with E-state index in [-0.39, 0.29) is 17.4 Å². The first-order valence-corrected chi connectivity index (χ1v) is 6.44. The molecule has 100 valence electrons. The van der Waals surface area contributed by atoms with E-state index in [0.717, 1.165) is 12.8 Å². The topological polar surface area (TPSA) is 75.6 Å². The monoisotopic (exact) mass is 253 g/mol. The molecule has 1 aliphatic carbocycles. The Bertz CT molecular complexity index is 382. The van der Waals surface area contributed by atoms with Gasteiger partial charge in [-0.05, 0) is 18.8 Å². The van der Waals surface area contributed by atoms with E-state index in [1.807, 2.05) is 0 Å². The van der Waals surface area contributed by atoms with Gasteiger partial charge < -0.3 is 15.2 Å². The summed E-state index contributed by atoms with van der Waals surface area (Å²) in [5.41, 5.74) is -0.246. The summed E-state index contributed by atoms with van der Waals surface area (Å²) in [5.74, 6) is -1.02. The van der Waals surface area contributed by atoms with Crippen molar-refractivity contribution in [1.82, 2.24) is 5.32 Å². The van der Waals surface area contributed by atoms with Gasteiger partial charge in [0.2, 0.25) is 0 Å². The molecule has 1 heterocycles. The maximum absolute atomic E-state index is 11.8. The number of amides is 1. The Hall–Kier alpha value is -1.52. The Morgan fingerprint density at radius 3 is 2.56 bits per heavy atom. The summed E-state index contributed by atoms with van der Waals surface area (Å²) < 4.78 is 4.49. The first kappa shape index (κ1) is 12.9. The first-order valence-electron chi connectivity index (χ1n) is 6.44. The smallest absolute Gasteiger partial charge is 0.346 e. The number of aliphatic hydroxyl groups is 1. The summed E-state index contributed by atoms with van der Waals surface area (Å²) in [6.07, 6.45) is 6.07. The van der Waals surface area contributed by atoms with Gasteiger partial charge in [-0.25, -0.2) is 4.79 Å². The number of methoxy groups -OCH3 is 1. The normalized spacial score (nSPS) is 25.8. The highest BCUT2D eigenvalue weighted by Crippen LogP contribution is 2.31. The van der Waals surface area contributed by atoms with Crippen molar-refractivity contribution in [2.45, 2.75) is 44.6 Å². The number of carbonyl (C=O) groups is 2. The number of rotatable bonds is 2. The third-order valence-corrected chi connectivity index (χ3v) is 3.85. The van der Waals surface area contributed by atoms with Crippen molar-refractivity contribution in [2.24, 2.45) is 5.92 Å². The molecule has 0 radical (unpaired) electrons. The van der Waals surface area contributed by atoms with Crippen LogP contribution in [0, 0.1) is 5.92 Å². The fourth-order valence-electron chi connectivity index (χ4n) is 2.87. The molecule has 2 rings (SSSR count). The number of nitrogens with one attached hydrogen (secondary N) is 1. The minimum atomic E-state index is -0.771. The van der Waals surface area contributed by atoms with E-state index in [1.165, 1.54) is 26.4 Å². The van der Waals surface area contributed by atoms with Gasteiger partial charge in [0.25, 0.3) is 5.91 Å². The van der Waals surface area contributed by atoms with Crippen LogP contribution in [0.1, 0.15) is 38.5 Å². The molecule has 2 N–H and O–H groups in total. The van der Waals surface area contributed by atoms with E-state index in [9.17, 15) is 14.7 Å². The number of hydrogen-bond acceptors (Lipinski definition) is 4. The summed E-state index contributed by atoms with van der Waals surface area (Å²) in [4.78, 5) is 23.2. The fraction of sp³-hybridized carbons (Fsp3) is 0.692. The van der Waals surface area contributed by atoms with Gasteiger partial charge in [0.15, 0.2) is 5.57 Å². The molecule has 18 heavy (non-hydrogen) atoms. The van der Waals surface area contributed by atoms with Gasteiger partial charge >= 0.3 is 5.97 Å². The Morgan fingerprint density at radius 1 is 1.33 bits per heavy atom. The van der Waals surface area contributed by atoms with Crippen molar-refractivity contribution >= 4 is 11.9 Å². The largest absolute Gasteiger partial charge is 0.511 e. The number of esters is 1.